The van der Waals surface area contributed by atoms with Crippen molar-refractivity contribution < 1.29 is 9.53 Å². The average molecular weight is 380 g/mol. The highest BCUT2D eigenvalue weighted by molar-refractivity contribution is 5.96. The smallest absolute Gasteiger partial charge is 0.407 e. The van der Waals surface area contributed by atoms with Crippen LogP contribution < -0.4 is 10.2 Å². The lowest BCUT2D eigenvalue weighted by Crippen LogP contribution is -2.46. The topological polar surface area (TPSA) is 78.3 Å². The Kier molecular flexibility index (Phi) is 5.46. The highest BCUT2D eigenvalue weighted by Crippen LogP contribution is 2.33. The molecule has 1 aromatic heterocycles. The average Bonchev–Trinajstić information content (AvgIpc) is 2.59. The molecule has 1 aliphatic heterocycles. The minimum atomic E-state index is -0.502. The summed E-state index contributed by atoms with van der Waals surface area (Å²) in [5.74, 6) is 0. The zero-order valence-electron chi connectivity index (χ0n) is 17.3. The van der Waals surface area contributed by atoms with Gasteiger partial charge in [0.05, 0.1) is 16.8 Å². The molecule has 1 aliphatic rings. The van der Waals surface area contributed by atoms with Crippen LogP contribution in [0, 0.1) is 25.2 Å². The molecule has 2 aromatic rings. The van der Waals surface area contributed by atoms with Crippen molar-refractivity contribution in [3.05, 3.63) is 35.0 Å². The lowest BCUT2D eigenvalue weighted by atomic mass is 9.99. The van der Waals surface area contributed by atoms with Gasteiger partial charge < -0.3 is 15.0 Å². The second kappa shape index (κ2) is 7.67. The number of anilines is 1. The summed E-state index contributed by atoms with van der Waals surface area (Å²) < 4.78 is 5.36. The van der Waals surface area contributed by atoms with E-state index in [1.165, 1.54) is 0 Å². The van der Waals surface area contributed by atoms with Crippen LogP contribution in [0.3, 0.4) is 0 Å². The van der Waals surface area contributed by atoms with Crippen LogP contribution in [0.2, 0.25) is 0 Å². The molecule has 0 unspecified atom stereocenters. The Morgan fingerprint density at radius 3 is 2.57 bits per heavy atom. The molecule has 1 amide bonds. The van der Waals surface area contributed by atoms with Gasteiger partial charge in [0.15, 0.2) is 0 Å². The lowest BCUT2D eigenvalue weighted by molar-refractivity contribution is 0.0497. The molecule has 1 saturated heterocycles. The predicted octanol–water partition coefficient (Wildman–Crippen LogP) is 4.22. The van der Waals surface area contributed by atoms with Crippen molar-refractivity contribution in [1.82, 2.24) is 10.3 Å². The maximum atomic E-state index is 12.0. The van der Waals surface area contributed by atoms with Gasteiger partial charge in [-0.3, -0.25) is 4.98 Å². The molecule has 0 saturated carbocycles. The Hall–Kier alpha value is -2.81. The number of nitriles is 1. The second-order valence-corrected chi connectivity index (χ2v) is 8.52. The third-order valence-electron chi connectivity index (χ3n) is 4.93. The zero-order valence-corrected chi connectivity index (χ0v) is 17.3. The Morgan fingerprint density at radius 2 is 1.96 bits per heavy atom. The number of aryl methyl sites for hydroxylation is 2. The number of alkyl carbamates (subject to hydrolysis) is 1. The van der Waals surface area contributed by atoms with Crippen molar-refractivity contribution in [1.29, 1.82) is 5.26 Å². The Morgan fingerprint density at radius 1 is 1.29 bits per heavy atom. The molecule has 6 nitrogen and oxygen atoms in total. The molecule has 1 N–H and O–H groups in total. The van der Waals surface area contributed by atoms with Gasteiger partial charge in [-0.25, -0.2) is 4.79 Å². The quantitative estimate of drug-likeness (QED) is 0.844. The van der Waals surface area contributed by atoms with Gasteiger partial charge in [0.2, 0.25) is 0 Å². The molecule has 0 bridgehead atoms. The number of carbonyl (C=O) groups is 1. The first kappa shape index (κ1) is 19.9. The van der Waals surface area contributed by atoms with Crippen molar-refractivity contribution in [3.8, 4) is 6.07 Å². The Balaban J connectivity index is 1.80. The van der Waals surface area contributed by atoms with E-state index in [1.54, 1.807) is 6.20 Å². The summed E-state index contributed by atoms with van der Waals surface area (Å²) in [6.07, 6.45) is 2.91. The first-order chi connectivity index (χ1) is 13.2. The van der Waals surface area contributed by atoms with E-state index in [1.807, 2.05) is 20.8 Å². The summed E-state index contributed by atoms with van der Waals surface area (Å²) in [6, 6.07) is 6.60. The molecule has 0 aliphatic carbocycles. The number of piperidine rings is 1. The highest BCUT2D eigenvalue weighted by atomic mass is 16.6. The number of nitrogens with one attached hydrogen (secondary N) is 1. The molecule has 0 radical (unpaired) electrons. The van der Waals surface area contributed by atoms with Gasteiger partial charge in [0, 0.05) is 30.7 Å². The van der Waals surface area contributed by atoms with Gasteiger partial charge >= 0.3 is 6.09 Å². The summed E-state index contributed by atoms with van der Waals surface area (Å²) in [5, 5.41) is 13.6. The van der Waals surface area contributed by atoms with Gasteiger partial charge in [-0.15, -0.1) is 0 Å². The third-order valence-corrected chi connectivity index (χ3v) is 4.93. The van der Waals surface area contributed by atoms with Crippen LogP contribution in [0.4, 0.5) is 10.5 Å². The van der Waals surface area contributed by atoms with E-state index in [0.717, 1.165) is 53.6 Å². The second-order valence-electron chi connectivity index (χ2n) is 8.52. The number of benzene rings is 1. The number of fused-ring (bicyclic) bond motifs is 1. The van der Waals surface area contributed by atoms with Crippen molar-refractivity contribution in [2.75, 3.05) is 18.0 Å². The van der Waals surface area contributed by atoms with E-state index >= 15 is 0 Å². The van der Waals surface area contributed by atoms with Crippen LogP contribution >= 0.6 is 0 Å². The summed E-state index contributed by atoms with van der Waals surface area (Å²) >= 11 is 0. The van der Waals surface area contributed by atoms with E-state index in [9.17, 15) is 10.1 Å². The standard InChI is InChI=1S/C22H28N4O2/c1-14-10-15(2)19-18(11-14)20(16(12-23)13-24-19)26-8-6-17(7-9-26)25-21(27)28-22(3,4)5/h10-11,13,17H,6-9H2,1-5H3,(H,25,27). The molecule has 1 fully saturated rings. The fraction of sp³-hybridized carbons (Fsp3) is 0.500. The van der Waals surface area contributed by atoms with Crippen molar-refractivity contribution in [2.24, 2.45) is 0 Å². The Bertz CT molecular complexity index is 932. The molecule has 3 rings (SSSR count). The number of hydrogen-bond donors (Lipinski definition) is 1. The maximum Gasteiger partial charge on any atom is 0.407 e. The maximum absolute atomic E-state index is 12.0. The fourth-order valence-electron chi connectivity index (χ4n) is 3.79. The van der Waals surface area contributed by atoms with E-state index in [4.69, 9.17) is 4.74 Å². The van der Waals surface area contributed by atoms with Crippen LogP contribution in [0.5, 0.6) is 0 Å². The highest BCUT2D eigenvalue weighted by Gasteiger charge is 2.26. The van der Waals surface area contributed by atoms with Gasteiger partial charge in [-0.05, 0) is 59.1 Å². The molecular formula is C22H28N4O2. The Labute approximate surface area is 166 Å². The largest absolute Gasteiger partial charge is 0.444 e. The summed E-state index contributed by atoms with van der Waals surface area (Å²) in [6.45, 7) is 11.2. The number of hydrogen-bond acceptors (Lipinski definition) is 5. The molecule has 148 valence electrons. The molecule has 0 atom stereocenters. The van der Waals surface area contributed by atoms with Crippen molar-refractivity contribution in [3.63, 3.8) is 0 Å². The first-order valence-corrected chi connectivity index (χ1v) is 9.72. The minimum absolute atomic E-state index is 0.0770. The number of aromatic nitrogens is 1. The first-order valence-electron chi connectivity index (χ1n) is 9.72. The minimum Gasteiger partial charge on any atom is -0.444 e. The molecular weight excluding hydrogens is 352 g/mol. The number of amides is 1. The van der Waals surface area contributed by atoms with Crippen LogP contribution in [-0.2, 0) is 4.74 Å². The summed E-state index contributed by atoms with van der Waals surface area (Å²) in [4.78, 5) is 18.8. The summed E-state index contributed by atoms with van der Waals surface area (Å²) in [5.41, 5.74) is 4.25. The molecule has 1 aromatic carbocycles. The third kappa shape index (κ3) is 4.36. The SMILES string of the molecule is Cc1cc(C)c2ncc(C#N)c(N3CCC(NC(=O)OC(C)(C)C)CC3)c2c1. The van der Waals surface area contributed by atoms with Gasteiger partial charge in [-0.2, -0.15) is 5.26 Å². The summed E-state index contributed by atoms with van der Waals surface area (Å²) in [7, 11) is 0. The van der Waals surface area contributed by atoms with E-state index < -0.39 is 5.60 Å². The van der Waals surface area contributed by atoms with Crippen LogP contribution in [-0.4, -0.2) is 35.8 Å². The normalized spacial score (nSPS) is 15.4. The fourth-order valence-corrected chi connectivity index (χ4v) is 3.79. The van der Waals surface area contributed by atoms with Crippen molar-refractivity contribution in [2.45, 2.75) is 59.1 Å². The molecule has 6 heteroatoms. The van der Waals surface area contributed by atoms with Gasteiger partial charge in [0.1, 0.15) is 11.7 Å². The number of ether oxygens (including phenoxy) is 1. The number of carbonyl (C=O) groups excluding carboxylic acids is 1. The van der Waals surface area contributed by atoms with E-state index in [-0.39, 0.29) is 12.1 Å². The zero-order chi connectivity index (χ0) is 20.5. The molecule has 2 heterocycles. The lowest BCUT2D eigenvalue weighted by Gasteiger charge is -2.35. The van der Waals surface area contributed by atoms with Crippen LogP contribution in [0.15, 0.2) is 18.3 Å². The van der Waals surface area contributed by atoms with Crippen LogP contribution in [0.25, 0.3) is 10.9 Å². The number of pyridine rings is 1. The monoisotopic (exact) mass is 380 g/mol. The predicted molar refractivity (Wildman–Crippen MR) is 111 cm³/mol. The van der Waals surface area contributed by atoms with Crippen LogP contribution in [0.1, 0.15) is 50.3 Å². The molecule has 0 spiro atoms. The van der Waals surface area contributed by atoms with Crippen molar-refractivity contribution >= 4 is 22.7 Å². The van der Waals surface area contributed by atoms with Gasteiger partial charge in [-0.1, -0.05) is 11.6 Å². The van der Waals surface area contributed by atoms with E-state index in [2.05, 4.69) is 47.3 Å². The molecule has 28 heavy (non-hydrogen) atoms. The number of rotatable bonds is 2. The van der Waals surface area contributed by atoms with Gasteiger partial charge in [0.25, 0.3) is 0 Å². The number of nitrogens with zero attached hydrogens (tertiary/aromatic N) is 3. The van der Waals surface area contributed by atoms with E-state index in [0.29, 0.717) is 5.56 Å².